The van der Waals surface area contributed by atoms with Crippen molar-refractivity contribution in [3.63, 3.8) is 0 Å². The summed E-state index contributed by atoms with van der Waals surface area (Å²) in [5.74, 6) is 0.424. The van der Waals surface area contributed by atoms with Gasteiger partial charge in [-0.15, -0.1) is 0 Å². The quantitative estimate of drug-likeness (QED) is 0.705. The number of nitrogens with zero attached hydrogens (tertiary/aromatic N) is 2. The molecule has 0 saturated carbocycles. The predicted octanol–water partition coefficient (Wildman–Crippen LogP) is 2.95. The number of amides is 2. The molecular weight excluding hydrogens is 366 g/mol. The average molecular weight is 389 g/mol. The molecule has 2 aromatic carbocycles. The maximum Gasteiger partial charge on any atom is 0.271 e. The lowest BCUT2D eigenvalue weighted by atomic mass is 10.1. The second-order valence-electron chi connectivity index (χ2n) is 7.06. The minimum Gasteiger partial charge on any atom is -0.497 e. The van der Waals surface area contributed by atoms with Gasteiger partial charge in [0.15, 0.2) is 0 Å². The van der Waals surface area contributed by atoms with Crippen LogP contribution in [0.1, 0.15) is 26.4 Å². The molecule has 2 amide bonds. The van der Waals surface area contributed by atoms with Crippen molar-refractivity contribution < 1.29 is 14.3 Å². The molecule has 4 rings (SSSR count). The summed E-state index contributed by atoms with van der Waals surface area (Å²) in [7, 11) is 1.57. The first kappa shape index (κ1) is 18.8. The SMILES string of the molecule is COc1cccc(C(=O)NCC2Cn3cccc3C(=O)N2Cc2ccccc2)c1. The summed E-state index contributed by atoms with van der Waals surface area (Å²) in [5.41, 5.74) is 2.27. The zero-order chi connectivity index (χ0) is 20.2. The van der Waals surface area contributed by atoms with E-state index in [-0.39, 0.29) is 17.9 Å². The monoisotopic (exact) mass is 389 g/mol. The van der Waals surface area contributed by atoms with Gasteiger partial charge in [0.05, 0.1) is 13.2 Å². The highest BCUT2D eigenvalue weighted by Crippen LogP contribution is 2.21. The van der Waals surface area contributed by atoms with Crippen LogP contribution in [0.25, 0.3) is 0 Å². The Morgan fingerprint density at radius 1 is 1.10 bits per heavy atom. The molecule has 0 bridgehead atoms. The molecule has 0 saturated heterocycles. The van der Waals surface area contributed by atoms with E-state index in [1.165, 1.54) is 0 Å². The van der Waals surface area contributed by atoms with Crippen LogP contribution in [0.4, 0.5) is 0 Å². The van der Waals surface area contributed by atoms with Crippen LogP contribution in [0.3, 0.4) is 0 Å². The van der Waals surface area contributed by atoms with Crippen LogP contribution in [-0.2, 0) is 13.1 Å². The van der Waals surface area contributed by atoms with Gasteiger partial charge in [-0.25, -0.2) is 0 Å². The van der Waals surface area contributed by atoms with Crippen molar-refractivity contribution in [3.8, 4) is 5.75 Å². The fourth-order valence-corrected chi connectivity index (χ4v) is 3.64. The number of aromatic nitrogens is 1. The van der Waals surface area contributed by atoms with Gasteiger partial charge >= 0.3 is 0 Å². The van der Waals surface area contributed by atoms with Gasteiger partial charge in [-0.1, -0.05) is 36.4 Å². The first-order valence-electron chi connectivity index (χ1n) is 9.58. The summed E-state index contributed by atoms with van der Waals surface area (Å²) in [6.07, 6.45) is 1.91. The van der Waals surface area contributed by atoms with E-state index in [0.29, 0.717) is 36.6 Å². The van der Waals surface area contributed by atoms with Crippen molar-refractivity contribution in [1.82, 2.24) is 14.8 Å². The summed E-state index contributed by atoms with van der Waals surface area (Å²) in [4.78, 5) is 27.5. The lowest BCUT2D eigenvalue weighted by Crippen LogP contribution is -2.52. The molecule has 0 radical (unpaired) electrons. The largest absolute Gasteiger partial charge is 0.497 e. The second-order valence-corrected chi connectivity index (χ2v) is 7.06. The third-order valence-corrected chi connectivity index (χ3v) is 5.18. The smallest absolute Gasteiger partial charge is 0.271 e. The third-order valence-electron chi connectivity index (χ3n) is 5.18. The Morgan fingerprint density at radius 2 is 1.93 bits per heavy atom. The Hall–Kier alpha value is -3.54. The highest BCUT2D eigenvalue weighted by molar-refractivity contribution is 5.95. The molecule has 6 heteroatoms. The van der Waals surface area contributed by atoms with Gasteiger partial charge in [-0.05, 0) is 35.9 Å². The second kappa shape index (κ2) is 8.22. The van der Waals surface area contributed by atoms with Gasteiger partial charge in [0, 0.05) is 31.4 Å². The van der Waals surface area contributed by atoms with Gasteiger partial charge in [0.25, 0.3) is 11.8 Å². The number of carbonyl (C=O) groups is 2. The van der Waals surface area contributed by atoms with Crippen LogP contribution < -0.4 is 10.1 Å². The fourth-order valence-electron chi connectivity index (χ4n) is 3.64. The van der Waals surface area contributed by atoms with Crippen LogP contribution >= 0.6 is 0 Å². The van der Waals surface area contributed by atoms with Crippen LogP contribution in [0.2, 0.25) is 0 Å². The van der Waals surface area contributed by atoms with Crippen LogP contribution in [0.5, 0.6) is 5.75 Å². The van der Waals surface area contributed by atoms with E-state index < -0.39 is 0 Å². The molecule has 0 aliphatic carbocycles. The first-order valence-corrected chi connectivity index (χ1v) is 9.58. The minimum atomic E-state index is -0.186. The number of hydrogen-bond donors (Lipinski definition) is 1. The Bertz CT molecular complexity index is 1010. The zero-order valence-corrected chi connectivity index (χ0v) is 16.2. The Balaban J connectivity index is 1.51. The minimum absolute atomic E-state index is 0.0225. The highest BCUT2D eigenvalue weighted by Gasteiger charge is 2.32. The molecule has 1 aromatic heterocycles. The summed E-state index contributed by atoms with van der Waals surface area (Å²) >= 11 is 0. The molecule has 0 fully saturated rings. The summed E-state index contributed by atoms with van der Waals surface area (Å²) < 4.78 is 7.14. The van der Waals surface area contributed by atoms with Crippen molar-refractivity contribution in [2.45, 2.75) is 19.1 Å². The third kappa shape index (κ3) is 4.01. The number of carbonyl (C=O) groups excluding carboxylic acids is 2. The molecule has 1 atom stereocenters. The molecule has 1 aliphatic rings. The first-order chi connectivity index (χ1) is 14.2. The van der Waals surface area contributed by atoms with Crippen molar-refractivity contribution in [2.75, 3.05) is 13.7 Å². The van der Waals surface area contributed by atoms with E-state index in [2.05, 4.69) is 5.32 Å². The summed E-state index contributed by atoms with van der Waals surface area (Å²) in [5, 5.41) is 2.98. The van der Waals surface area contributed by atoms with Gasteiger partial charge in [0.1, 0.15) is 11.4 Å². The molecule has 29 heavy (non-hydrogen) atoms. The molecular formula is C23H23N3O3. The maximum absolute atomic E-state index is 13.1. The number of ether oxygens (including phenoxy) is 1. The van der Waals surface area contributed by atoms with E-state index in [1.807, 2.05) is 58.1 Å². The van der Waals surface area contributed by atoms with E-state index in [9.17, 15) is 9.59 Å². The molecule has 1 aliphatic heterocycles. The van der Waals surface area contributed by atoms with E-state index in [4.69, 9.17) is 4.74 Å². The van der Waals surface area contributed by atoms with Crippen molar-refractivity contribution in [2.24, 2.45) is 0 Å². The van der Waals surface area contributed by atoms with Crippen molar-refractivity contribution in [1.29, 1.82) is 0 Å². The molecule has 148 valence electrons. The number of hydrogen-bond acceptors (Lipinski definition) is 3. The van der Waals surface area contributed by atoms with E-state index in [0.717, 1.165) is 5.56 Å². The average Bonchev–Trinajstić information content (AvgIpc) is 3.24. The number of benzene rings is 2. The zero-order valence-electron chi connectivity index (χ0n) is 16.2. The van der Waals surface area contributed by atoms with Gasteiger partial charge in [0.2, 0.25) is 0 Å². The Morgan fingerprint density at radius 3 is 2.72 bits per heavy atom. The lowest BCUT2D eigenvalue weighted by Gasteiger charge is -2.37. The lowest BCUT2D eigenvalue weighted by molar-refractivity contribution is 0.0563. The topological polar surface area (TPSA) is 63.6 Å². The molecule has 0 spiro atoms. The van der Waals surface area contributed by atoms with E-state index >= 15 is 0 Å². The van der Waals surface area contributed by atoms with E-state index in [1.54, 1.807) is 31.4 Å². The van der Waals surface area contributed by atoms with Gasteiger partial charge in [-0.2, -0.15) is 0 Å². The predicted molar refractivity (Wildman–Crippen MR) is 110 cm³/mol. The maximum atomic E-state index is 13.1. The van der Waals surface area contributed by atoms with Gasteiger partial charge < -0.3 is 19.5 Å². The summed E-state index contributed by atoms with van der Waals surface area (Å²) in [6, 6.07) is 20.5. The molecule has 6 nitrogen and oxygen atoms in total. The highest BCUT2D eigenvalue weighted by atomic mass is 16.5. The molecule has 3 aromatic rings. The number of nitrogens with one attached hydrogen (secondary N) is 1. The number of rotatable bonds is 6. The Kier molecular flexibility index (Phi) is 5.33. The van der Waals surface area contributed by atoms with Crippen LogP contribution in [-0.4, -0.2) is 41.0 Å². The molecule has 1 unspecified atom stereocenters. The van der Waals surface area contributed by atoms with Crippen LogP contribution in [0.15, 0.2) is 72.9 Å². The van der Waals surface area contributed by atoms with Gasteiger partial charge in [-0.3, -0.25) is 9.59 Å². The van der Waals surface area contributed by atoms with Crippen molar-refractivity contribution >= 4 is 11.8 Å². The van der Waals surface area contributed by atoms with Crippen LogP contribution in [0, 0.1) is 0 Å². The molecule has 2 heterocycles. The number of methoxy groups -OCH3 is 1. The normalized spacial score (nSPS) is 15.7. The van der Waals surface area contributed by atoms with Crippen molar-refractivity contribution in [3.05, 3.63) is 89.7 Å². The standard InChI is InChI=1S/C23H23N3O3/c1-29-20-10-5-9-18(13-20)22(27)24-14-19-16-25-12-6-11-21(25)23(28)26(19)15-17-7-3-2-4-8-17/h2-13,19H,14-16H2,1H3,(H,24,27). The fraction of sp³-hybridized carbons (Fsp3) is 0.217. The summed E-state index contributed by atoms with van der Waals surface area (Å²) in [6.45, 7) is 1.51. The Labute approximate surface area is 169 Å². The molecule has 1 N–H and O–H groups in total. The number of fused-ring (bicyclic) bond motifs is 1.